The van der Waals surface area contributed by atoms with Gasteiger partial charge in [0.15, 0.2) is 0 Å². The molecule has 5 rings (SSSR count). The summed E-state index contributed by atoms with van der Waals surface area (Å²) in [6.45, 7) is 5.82. The van der Waals surface area contributed by atoms with Crippen LogP contribution < -0.4 is 10.5 Å². The second-order valence-corrected chi connectivity index (χ2v) is 10.2. The van der Waals surface area contributed by atoms with E-state index in [-0.39, 0.29) is 6.10 Å². The van der Waals surface area contributed by atoms with Gasteiger partial charge in [-0.3, -0.25) is 18.9 Å². The van der Waals surface area contributed by atoms with Crippen LogP contribution in [0, 0.1) is 0 Å². The van der Waals surface area contributed by atoms with Gasteiger partial charge in [0, 0.05) is 55.6 Å². The second kappa shape index (κ2) is 10.3. The van der Waals surface area contributed by atoms with Gasteiger partial charge in [-0.2, -0.15) is 0 Å². The average molecular weight is 524 g/mol. The summed E-state index contributed by atoms with van der Waals surface area (Å²) in [5, 5.41) is 0.600. The van der Waals surface area contributed by atoms with Gasteiger partial charge in [-0.15, -0.1) is 11.3 Å². The van der Waals surface area contributed by atoms with Crippen LogP contribution in [0.3, 0.4) is 0 Å². The molecule has 0 bridgehead atoms. The molecule has 0 aliphatic carbocycles. The fourth-order valence-corrected chi connectivity index (χ4v) is 5.64. The zero-order chi connectivity index (χ0) is 25.2. The molecular weight excluding hydrogens is 498 g/mol. The van der Waals surface area contributed by atoms with Crippen LogP contribution in [0.15, 0.2) is 54.9 Å². The number of hydrogen-bond acceptors (Lipinski definition) is 6. The number of fused-ring (bicyclic) bond motifs is 1. The molecule has 36 heavy (non-hydrogen) atoms. The molecule has 1 aliphatic rings. The van der Waals surface area contributed by atoms with Gasteiger partial charge in [0.25, 0.3) is 5.91 Å². The number of halogens is 1. The number of aromatic nitrogens is 2. The summed E-state index contributed by atoms with van der Waals surface area (Å²) in [6, 6.07) is 13.4. The minimum absolute atomic E-state index is 0.350. The molecule has 4 heterocycles. The monoisotopic (exact) mass is 523 g/mol. The summed E-state index contributed by atoms with van der Waals surface area (Å²) in [6.07, 6.45) is 4.41. The zero-order valence-corrected chi connectivity index (χ0v) is 21.3. The van der Waals surface area contributed by atoms with Gasteiger partial charge >= 0.3 is 0 Å². The molecule has 0 radical (unpaired) electrons. The molecule has 1 saturated heterocycles. The average Bonchev–Trinajstić information content (AvgIpc) is 3.48. The second-order valence-electron chi connectivity index (χ2n) is 8.78. The Morgan fingerprint density at radius 2 is 2.00 bits per heavy atom. The number of thiophene rings is 1. The third-order valence-electron chi connectivity index (χ3n) is 6.35. The summed E-state index contributed by atoms with van der Waals surface area (Å²) in [4.78, 5) is 33.1. The van der Waals surface area contributed by atoms with Gasteiger partial charge in [-0.05, 0) is 24.6 Å². The van der Waals surface area contributed by atoms with Gasteiger partial charge in [-0.1, -0.05) is 35.9 Å². The molecule has 2 N–H and O–H groups in total. The number of rotatable bonds is 8. The van der Waals surface area contributed by atoms with E-state index in [1.54, 1.807) is 11.1 Å². The first-order chi connectivity index (χ1) is 17.4. The Hall–Kier alpha value is -3.40. The molecule has 2 amide bonds. The molecule has 186 valence electrons. The van der Waals surface area contributed by atoms with Crippen LogP contribution in [0.25, 0.3) is 16.2 Å². The number of carbonyl (C=O) groups is 2. The number of pyridine rings is 1. The molecule has 4 aromatic rings. The van der Waals surface area contributed by atoms with Crippen molar-refractivity contribution >= 4 is 40.9 Å². The van der Waals surface area contributed by atoms with E-state index in [0.717, 1.165) is 66.5 Å². The Morgan fingerprint density at radius 1 is 1.22 bits per heavy atom. The van der Waals surface area contributed by atoms with E-state index in [1.807, 2.05) is 47.7 Å². The van der Waals surface area contributed by atoms with Crippen LogP contribution >= 0.6 is 22.9 Å². The predicted molar refractivity (Wildman–Crippen MR) is 140 cm³/mol. The van der Waals surface area contributed by atoms with E-state index in [2.05, 4.69) is 22.1 Å². The van der Waals surface area contributed by atoms with Crippen molar-refractivity contribution in [3.63, 3.8) is 0 Å². The molecule has 8 nitrogen and oxygen atoms in total. The highest BCUT2D eigenvalue weighted by Gasteiger charge is 2.22. The molecule has 3 aromatic heterocycles. The number of benzene rings is 1. The summed E-state index contributed by atoms with van der Waals surface area (Å²) in [5.74, 6) is -0.120. The quantitative estimate of drug-likeness (QED) is 0.349. The molecule has 1 fully saturated rings. The largest absolute Gasteiger partial charge is 0.484 e. The van der Waals surface area contributed by atoms with Gasteiger partial charge in [0.1, 0.15) is 22.4 Å². The van der Waals surface area contributed by atoms with E-state index in [4.69, 9.17) is 22.1 Å². The molecule has 1 aliphatic heterocycles. The number of ether oxygens (including phenoxy) is 1. The van der Waals surface area contributed by atoms with Crippen LogP contribution in [0.4, 0.5) is 0 Å². The fourth-order valence-electron chi connectivity index (χ4n) is 4.40. The van der Waals surface area contributed by atoms with Crippen molar-refractivity contribution in [3.8, 4) is 16.3 Å². The Balaban J connectivity index is 1.42. The maximum Gasteiger partial charge on any atom is 0.262 e. The lowest BCUT2D eigenvalue weighted by atomic mass is 10.1. The normalized spacial score (nSPS) is 15.2. The maximum atomic E-state index is 12.2. The number of amides is 2. The molecule has 1 atom stereocenters. The van der Waals surface area contributed by atoms with Crippen LogP contribution in [-0.4, -0.2) is 57.7 Å². The number of imidazole rings is 1. The molecule has 0 saturated carbocycles. The SMILES string of the molecule is C[C@@H](Oc1cc(-c2cnc3ccc(CN4CCN(C=O)CC4)cn23)sc1C(N)=O)c1ccccc1Cl. The third-order valence-corrected chi connectivity index (χ3v) is 7.85. The first-order valence-electron chi connectivity index (χ1n) is 11.7. The van der Waals surface area contributed by atoms with Crippen LogP contribution in [0.2, 0.25) is 5.02 Å². The standard InChI is InChI=1S/C26H26ClN5O3S/c1-17(19-4-2-3-5-20(19)27)35-22-12-23(36-25(22)26(28)34)21-13-29-24-7-6-18(15-32(21)24)14-30-8-10-31(16-33)11-9-30/h2-7,12-13,15-17H,8-11,14H2,1H3,(H2,28,34)/t17-/m1/s1. The van der Waals surface area contributed by atoms with Gasteiger partial charge in [0.2, 0.25) is 6.41 Å². The van der Waals surface area contributed by atoms with E-state index >= 15 is 0 Å². The Kier molecular flexibility index (Phi) is 6.95. The van der Waals surface area contributed by atoms with Crippen molar-refractivity contribution < 1.29 is 14.3 Å². The highest BCUT2D eigenvalue weighted by atomic mass is 35.5. The molecule has 1 aromatic carbocycles. The minimum Gasteiger partial charge on any atom is -0.484 e. The predicted octanol–water partition coefficient (Wildman–Crippen LogP) is 4.23. The Labute approximate surface area is 217 Å². The van der Waals surface area contributed by atoms with Gasteiger partial charge in [0.05, 0.1) is 16.8 Å². The molecular formula is C26H26ClN5O3S. The molecule has 10 heteroatoms. The van der Waals surface area contributed by atoms with E-state index in [1.165, 1.54) is 11.3 Å². The number of nitrogens with zero attached hydrogens (tertiary/aromatic N) is 4. The minimum atomic E-state index is -0.545. The van der Waals surface area contributed by atoms with Crippen molar-refractivity contribution in [1.82, 2.24) is 19.2 Å². The van der Waals surface area contributed by atoms with Gasteiger partial charge in [-0.25, -0.2) is 4.98 Å². The fraction of sp³-hybridized carbons (Fsp3) is 0.269. The first kappa shape index (κ1) is 24.3. The van der Waals surface area contributed by atoms with Crippen LogP contribution in [0.5, 0.6) is 5.75 Å². The summed E-state index contributed by atoms with van der Waals surface area (Å²) < 4.78 is 8.19. The molecule has 0 unspecified atom stereocenters. The van der Waals surface area contributed by atoms with Gasteiger partial charge < -0.3 is 15.4 Å². The highest BCUT2D eigenvalue weighted by Crippen LogP contribution is 2.39. The molecule has 0 spiro atoms. The first-order valence-corrected chi connectivity index (χ1v) is 12.8. The number of piperazine rings is 1. The van der Waals surface area contributed by atoms with E-state index < -0.39 is 5.91 Å². The summed E-state index contributed by atoms with van der Waals surface area (Å²) in [7, 11) is 0. The van der Waals surface area contributed by atoms with Crippen molar-refractivity contribution in [2.24, 2.45) is 5.73 Å². The lowest BCUT2D eigenvalue weighted by Crippen LogP contribution is -2.45. The highest BCUT2D eigenvalue weighted by molar-refractivity contribution is 7.17. The van der Waals surface area contributed by atoms with Crippen molar-refractivity contribution in [1.29, 1.82) is 0 Å². The van der Waals surface area contributed by atoms with E-state index in [9.17, 15) is 9.59 Å². The van der Waals surface area contributed by atoms with Crippen molar-refractivity contribution in [3.05, 3.63) is 75.9 Å². The van der Waals surface area contributed by atoms with Crippen molar-refractivity contribution in [2.75, 3.05) is 26.2 Å². The van der Waals surface area contributed by atoms with Crippen LogP contribution in [0.1, 0.15) is 33.8 Å². The number of carbonyl (C=O) groups excluding carboxylic acids is 2. The Morgan fingerprint density at radius 3 is 2.72 bits per heavy atom. The number of nitrogens with two attached hydrogens (primary N) is 1. The van der Waals surface area contributed by atoms with Crippen molar-refractivity contribution in [2.45, 2.75) is 19.6 Å². The van der Waals surface area contributed by atoms with E-state index in [0.29, 0.717) is 15.6 Å². The Bertz CT molecular complexity index is 1410. The topological polar surface area (TPSA) is 93.2 Å². The lowest BCUT2D eigenvalue weighted by molar-refractivity contribution is -0.119. The zero-order valence-electron chi connectivity index (χ0n) is 19.8. The number of hydrogen-bond donors (Lipinski definition) is 1. The summed E-state index contributed by atoms with van der Waals surface area (Å²) in [5.41, 5.74) is 9.32. The lowest BCUT2D eigenvalue weighted by Gasteiger charge is -2.32. The smallest absolute Gasteiger partial charge is 0.262 e. The maximum absolute atomic E-state index is 12.2. The van der Waals surface area contributed by atoms with Crippen LogP contribution in [-0.2, 0) is 11.3 Å². The summed E-state index contributed by atoms with van der Waals surface area (Å²) >= 11 is 7.62. The third kappa shape index (κ3) is 4.95. The number of primary amides is 1.